The Morgan fingerprint density at radius 1 is 1.32 bits per heavy atom. The molecule has 1 aromatic carbocycles. The number of benzene rings is 1. The molecule has 0 radical (unpaired) electrons. The predicted molar refractivity (Wildman–Crippen MR) is 99.6 cm³/mol. The average molecular weight is 422 g/mol. The molecule has 2 aromatic heterocycles. The van der Waals surface area contributed by atoms with Gasteiger partial charge in [0.25, 0.3) is 0 Å². The van der Waals surface area contributed by atoms with Crippen molar-refractivity contribution in [3.05, 3.63) is 41.9 Å². The Hall–Kier alpha value is -2.47. The number of halogens is 1. The molecule has 10 nitrogen and oxygen atoms in total. The first-order chi connectivity index (χ1) is 13.4. The van der Waals surface area contributed by atoms with Crippen molar-refractivity contribution in [2.24, 2.45) is 11.7 Å². The van der Waals surface area contributed by atoms with Crippen molar-refractivity contribution < 1.29 is 13.2 Å². The summed E-state index contributed by atoms with van der Waals surface area (Å²) in [5, 5.41) is 11.8. The van der Waals surface area contributed by atoms with E-state index in [0.29, 0.717) is 17.2 Å². The number of tetrazole rings is 1. The number of rotatable bonds is 5. The zero-order chi connectivity index (χ0) is 19.9. The number of hydrogen-bond acceptors (Lipinski definition) is 8. The number of Topliss-reactive ketones (excluding diaryl/α,β-unsaturated/α-hetero) is 1. The van der Waals surface area contributed by atoms with Gasteiger partial charge in [-0.2, -0.15) is 4.31 Å². The van der Waals surface area contributed by atoms with Gasteiger partial charge >= 0.3 is 0 Å². The minimum Gasteiger partial charge on any atom is -0.314 e. The Bertz CT molecular complexity index is 1130. The highest BCUT2D eigenvalue weighted by Crippen LogP contribution is 2.34. The number of fused-ring (bicyclic) bond motifs is 1. The lowest BCUT2D eigenvalue weighted by Gasteiger charge is -2.24. The van der Waals surface area contributed by atoms with Gasteiger partial charge in [-0.3, -0.25) is 9.78 Å². The molecule has 0 amide bonds. The van der Waals surface area contributed by atoms with E-state index < -0.39 is 22.1 Å². The molecular weight excluding hydrogens is 406 g/mol. The summed E-state index contributed by atoms with van der Waals surface area (Å²) < 4.78 is 29.1. The fourth-order valence-corrected chi connectivity index (χ4v) is 5.57. The normalized spacial score (nSPS) is 20.6. The largest absolute Gasteiger partial charge is 0.314 e. The van der Waals surface area contributed by atoms with E-state index in [0.717, 1.165) is 4.31 Å². The third-order valence-corrected chi connectivity index (χ3v) is 7.04. The summed E-state index contributed by atoms with van der Waals surface area (Å²) in [5.41, 5.74) is 6.18. The van der Waals surface area contributed by atoms with E-state index in [-0.39, 0.29) is 28.8 Å². The summed E-state index contributed by atoms with van der Waals surface area (Å²) in [6.45, 7) is 0.0691. The number of carbonyl (C=O) groups excluding carboxylic acids is 1. The van der Waals surface area contributed by atoms with Gasteiger partial charge in [-0.1, -0.05) is 23.7 Å². The number of hydrogen-bond donors (Lipinski definition) is 1. The van der Waals surface area contributed by atoms with Crippen LogP contribution in [0.4, 0.5) is 0 Å². The molecule has 1 fully saturated rings. The number of sulfonamides is 1. The van der Waals surface area contributed by atoms with Crippen LogP contribution >= 0.6 is 11.6 Å². The Morgan fingerprint density at radius 3 is 2.89 bits per heavy atom. The molecule has 146 valence electrons. The van der Waals surface area contributed by atoms with Crippen molar-refractivity contribution in [1.29, 1.82) is 0 Å². The zero-order valence-electron chi connectivity index (χ0n) is 14.5. The molecule has 3 heterocycles. The number of aromatic nitrogens is 5. The summed E-state index contributed by atoms with van der Waals surface area (Å²) in [6, 6.07) is 4.83. The van der Waals surface area contributed by atoms with Crippen LogP contribution in [0.3, 0.4) is 0 Å². The highest BCUT2D eigenvalue weighted by atomic mass is 35.5. The van der Waals surface area contributed by atoms with E-state index in [9.17, 15) is 13.2 Å². The lowest BCUT2D eigenvalue weighted by atomic mass is 10.0. The number of ketones is 1. The van der Waals surface area contributed by atoms with Crippen molar-refractivity contribution >= 4 is 38.2 Å². The first-order valence-electron chi connectivity index (χ1n) is 8.43. The highest BCUT2D eigenvalue weighted by Gasteiger charge is 2.43. The van der Waals surface area contributed by atoms with Gasteiger partial charge in [0.05, 0.1) is 22.0 Å². The van der Waals surface area contributed by atoms with Crippen molar-refractivity contribution in [1.82, 2.24) is 29.5 Å². The monoisotopic (exact) mass is 421 g/mol. The Labute approximate surface area is 165 Å². The van der Waals surface area contributed by atoms with Crippen LogP contribution in [0.15, 0.2) is 41.8 Å². The average Bonchev–Trinajstić information content (AvgIpc) is 3.31. The molecule has 3 aromatic rings. The van der Waals surface area contributed by atoms with Gasteiger partial charge in [0.15, 0.2) is 5.78 Å². The summed E-state index contributed by atoms with van der Waals surface area (Å²) in [7, 11) is -3.97. The quantitative estimate of drug-likeness (QED) is 0.626. The molecule has 28 heavy (non-hydrogen) atoms. The fraction of sp³-hybridized carbons (Fsp3) is 0.312. The second kappa shape index (κ2) is 7.17. The smallest absolute Gasteiger partial charge is 0.245 e. The minimum absolute atomic E-state index is 0.0430. The van der Waals surface area contributed by atoms with Crippen molar-refractivity contribution in [3.8, 4) is 0 Å². The SMILES string of the molecule is N[C@H]1C(C(=O)Cn2cnnn2)CCN1S(=O)(=O)c1cccc2cncc(Cl)c12. The number of nitrogens with zero attached hydrogens (tertiary/aromatic N) is 6. The van der Waals surface area contributed by atoms with E-state index in [2.05, 4.69) is 20.5 Å². The fourth-order valence-electron chi connectivity index (χ4n) is 3.45. The van der Waals surface area contributed by atoms with Gasteiger partial charge in [-0.15, -0.1) is 5.10 Å². The van der Waals surface area contributed by atoms with Gasteiger partial charge in [0.1, 0.15) is 12.9 Å². The number of carbonyl (C=O) groups is 1. The predicted octanol–water partition coefficient (Wildman–Crippen LogP) is 0.439. The van der Waals surface area contributed by atoms with Crippen LogP contribution in [0.25, 0.3) is 10.8 Å². The van der Waals surface area contributed by atoms with E-state index in [4.69, 9.17) is 17.3 Å². The molecular formula is C16H16ClN7O3S. The maximum Gasteiger partial charge on any atom is 0.245 e. The molecule has 1 aliphatic rings. The lowest BCUT2D eigenvalue weighted by Crippen LogP contribution is -2.46. The number of nitrogens with two attached hydrogens (primary N) is 1. The zero-order valence-corrected chi connectivity index (χ0v) is 16.1. The first kappa shape index (κ1) is 18.9. The van der Waals surface area contributed by atoms with E-state index >= 15 is 0 Å². The minimum atomic E-state index is -3.97. The molecule has 1 aliphatic heterocycles. The molecule has 0 bridgehead atoms. The third kappa shape index (κ3) is 3.15. The second-order valence-corrected chi connectivity index (χ2v) is 8.72. The van der Waals surface area contributed by atoms with Gasteiger partial charge in [0.2, 0.25) is 10.0 Å². The van der Waals surface area contributed by atoms with Crippen LogP contribution in [0.5, 0.6) is 0 Å². The Kier molecular flexibility index (Phi) is 4.83. The van der Waals surface area contributed by atoms with E-state index in [1.807, 2.05) is 0 Å². The lowest BCUT2D eigenvalue weighted by molar-refractivity contribution is -0.124. The maximum atomic E-state index is 13.3. The van der Waals surface area contributed by atoms with Gasteiger partial charge in [0, 0.05) is 29.7 Å². The first-order valence-corrected chi connectivity index (χ1v) is 10.2. The van der Waals surface area contributed by atoms with Crippen LogP contribution in [-0.2, 0) is 21.4 Å². The molecule has 0 aliphatic carbocycles. The second-order valence-electron chi connectivity index (χ2n) is 6.45. The van der Waals surface area contributed by atoms with Crippen LogP contribution < -0.4 is 5.73 Å². The van der Waals surface area contributed by atoms with E-state index in [1.54, 1.807) is 18.3 Å². The van der Waals surface area contributed by atoms with Crippen LogP contribution in [0.1, 0.15) is 6.42 Å². The molecule has 1 unspecified atom stereocenters. The van der Waals surface area contributed by atoms with Gasteiger partial charge in [-0.25, -0.2) is 13.1 Å². The molecule has 0 saturated carbocycles. The van der Waals surface area contributed by atoms with Crippen molar-refractivity contribution in [2.45, 2.75) is 24.0 Å². The van der Waals surface area contributed by atoms with Gasteiger partial charge in [-0.05, 0) is 22.9 Å². The molecule has 1 saturated heterocycles. The summed E-state index contributed by atoms with van der Waals surface area (Å²) in [5.74, 6) is -0.872. The maximum absolute atomic E-state index is 13.3. The Balaban J connectivity index is 1.65. The van der Waals surface area contributed by atoms with Gasteiger partial charge < -0.3 is 5.73 Å². The van der Waals surface area contributed by atoms with Crippen molar-refractivity contribution in [3.63, 3.8) is 0 Å². The molecule has 12 heteroatoms. The molecule has 2 N–H and O–H groups in total. The number of pyridine rings is 1. The Morgan fingerprint density at radius 2 is 2.14 bits per heavy atom. The van der Waals surface area contributed by atoms with Crippen molar-refractivity contribution in [2.75, 3.05) is 6.54 Å². The third-order valence-electron chi connectivity index (χ3n) is 4.81. The topological polar surface area (TPSA) is 137 Å². The molecule has 4 rings (SSSR count). The molecule has 2 atom stereocenters. The standard InChI is InChI=1S/C16H16ClN7O3S/c17-12-7-19-6-10-2-1-3-14(15(10)12)28(26,27)24-5-4-11(16(24)18)13(25)8-23-9-20-21-22-23/h1-3,6-7,9,11,16H,4-5,8,18H2/t11?,16-/m1/s1. The molecule has 0 spiro atoms. The van der Waals surface area contributed by atoms with Crippen LogP contribution in [0.2, 0.25) is 5.02 Å². The summed E-state index contributed by atoms with van der Waals surface area (Å²) in [4.78, 5) is 16.6. The van der Waals surface area contributed by atoms with E-state index in [1.165, 1.54) is 23.3 Å². The highest BCUT2D eigenvalue weighted by molar-refractivity contribution is 7.89. The summed E-state index contributed by atoms with van der Waals surface area (Å²) in [6.07, 6.45) is 3.60. The summed E-state index contributed by atoms with van der Waals surface area (Å²) >= 11 is 6.22. The van der Waals surface area contributed by atoms with Crippen LogP contribution in [0, 0.1) is 5.92 Å². The van der Waals surface area contributed by atoms with Crippen LogP contribution in [-0.4, -0.2) is 56.4 Å².